The van der Waals surface area contributed by atoms with Crippen LogP contribution in [0.5, 0.6) is 0 Å². The fraction of sp³-hybridized carbons (Fsp3) is 0.292. The van der Waals surface area contributed by atoms with Gasteiger partial charge in [0.15, 0.2) is 0 Å². The van der Waals surface area contributed by atoms with Crippen molar-refractivity contribution in [3.05, 3.63) is 88.0 Å². The minimum Gasteiger partial charge on any atom is -0.297 e. The zero-order chi connectivity index (χ0) is 21.2. The molecule has 0 aliphatic carbocycles. The van der Waals surface area contributed by atoms with Gasteiger partial charge in [-0.1, -0.05) is 48.5 Å². The summed E-state index contributed by atoms with van der Waals surface area (Å²) in [5.41, 5.74) is 3.10. The lowest BCUT2D eigenvalue weighted by Gasteiger charge is -2.31. The maximum atomic E-state index is 12.7. The van der Waals surface area contributed by atoms with E-state index in [-0.39, 0.29) is 11.6 Å². The van der Waals surface area contributed by atoms with Crippen LogP contribution in [0.15, 0.2) is 70.8 Å². The molecule has 0 amide bonds. The number of aromatic nitrogens is 4. The summed E-state index contributed by atoms with van der Waals surface area (Å²) in [5.74, 6) is 1.15. The monoisotopic (exact) mass is 431 g/mol. The number of piperidine rings is 1. The van der Waals surface area contributed by atoms with Gasteiger partial charge in [0, 0.05) is 30.5 Å². The van der Waals surface area contributed by atoms with Gasteiger partial charge in [0.1, 0.15) is 10.8 Å². The SMILES string of the molecule is Cn1nc(C2CCN(Cc3csc(-c4ccccc4)n3)CC2)n(-c2ccccc2)c1=O. The molecule has 0 unspecified atom stereocenters. The third-order valence-electron chi connectivity index (χ3n) is 5.87. The van der Waals surface area contributed by atoms with Gasteiger partial charge in [-0.3, -0.25) is 4.90 Å². The van der Waals surface area contributed by atoms with Gasteiger partial charge in [-0.25, -0.2) is 19.0 Å². The van der Waals surface area contributed by atoms with Gasteiger partial charge < -0.3 is 0 Å². The third kappa shape index (κ3) is 4.11. The smallest absolute Gasteiger partial charge is 0.297 e. The Morgan fingerprint density at radius 1 is 1.00 bits per heavy atom. The Labute approximate surface area is 185 Å². The molecule has 2 aromatic heterocycles. The molecule has 4 aromatic rings. The predicted molar refractivity (Wildman–Crippen MR) is 124 cm³/mol. The molecular formula is C24H25N5OS. The largest absolute Gasteiger partial charge is 0.350 e. The number of likely N-dealkylation sites (tertiary alicyclic amines) is 1. The van der Waals surface area contributed by atoms with Crippen LogP contribution in [0.1, 0.15) is 30.3 Å². The number of thiazole rings is 1. The maximum Gasteiger partial charge on any atom is 0.350 e. The Bertz CT molecular complexity index is 1200. The first kappa shape index (κ1) is 19.9. The van der Waals surface area contributed by atoms with E-state index in [0.29, 0.717) is 0 Å². The molecule has 1 aliphatic heterocycles. The quantitative estimate of drug-likeness (QED) is 0.478. The second-order valence-electron chi connectivity index (χ2n) is 8.00. The highest BCUT2D eigenvalue weighted by atomic mass is 32.1. The normalized spacial score (nSPS) is 15.4. The Morgan fingerprint density at radius 2 is 1.68 bits per heavy atom. The van der Waals surface area contributed by atoms with Crippen LogP contribution >= 0.6 is 11.3 Å². The van der Waals surface area contributed by atoms with Crippen molar-refractivity contribution in [2.75, 3.05) is 13.1 Å². The lowest BCUT2D eigenvalue weighted by atomic mass is 9.95. The first-order valence-corrected chi connectivity index (χ1v) is 11.5. The molecule has 1 saturated heterocycles. The molecule has 2 aromatic carbocycles. The van der Waals surface area contributed by atoms with Crippen LogP contribution in [0.3, 0.4) is 0 Å². The average molecular weight is 432 g/mol. The van der Waals surface area contributed by atoms with Crippen LogP contribution in [0.4, 0.5) is 0 Å². The molecule has 1 fully saturated rings. The standard InChI is InChI=1S/C24H25N5OS/c1-27-24(30)29(21-10-6-3-7-11-21)22(26-27)18-12-14-28(15-13-18)16-20-17-31-23(25-20)19-8-4-2-5-9-19/h2-11,17-18H,12-16H2,1H3. The van der Waals surface area contributed by atoms with Crippen molar-refractivity contribution >= 4 is 11.3 Å². The molecule has 0 radical (unpaired) electrons. The minimum atomic E-state index is -0.0838. The summed E-state index contributed by atoms with van der Waals surface area (Å²) < 4.78 is 3.22. The van der Waals surface area contributed by atoms with Gasteiger partial charge in [-0.15, -0.1) is 11.3 Å². The van der Waals surface area contributed by atoms with Crippen molar-refractivity contribution in [3.8, 4) is 16.3 Å². The number of rotatable bonds is 5. The summed E-state index contributed by atoms with van der Waals surface area (Å²) >= 11 is 1.70. The number of aryl methyl sites for hydroxylation is 1. The van der Waals surface area contributed by atoms with Crippen molar-refractivity contribution in [2.24, 2.45) is 7.05 Å². The molecule has 0 spiro atoms. The van der Waals surface area contributed by atoms with Gasteiger partial charge in [0.05, 0.1) is 11.4 Å². The molecule has 158 valence electrons. The third-order valence-corrected chi connectivity index (χ3v) is 6.82. The van der Waals surface area contributed by atoms with Gasteiger partial charge in [-0.2, -0.15) is 5.10 Å². The molecule has 0 N–H and O–H groups in total. The summed E-state index contributed by atoms with van der Waals surface area (Å²) in [6.07, 6.45) is 1.97. The second-order valence-corrected chi connectivity index (χ2v) is 8.85. The van der Waals surface area contributed by atoms with E-state index in [4.69, 9.17) is 4.98 Å². The summed E-state index contributed by atoms with van der Waals surface area (Å²) in [7, 11) is 1.73. The number of hydrogen-bond acceptors (Lipinski definition) is 5. The topological polar surface area (TPSA) is 56.0 Å². The Balaban J connectivity index is 1.27. The first-order chi connectivity index (χ1) is 15.2. The first-order valence-electron chi connectivity index (χ1n) is 10.6. The fourth-order valence-corrected chi connectivity index (χ4v) is 5.06. The van der Waals surface area contributed by atoms with Crippen molar-refractivity contribution < 1.29 is 0 Å². The van der Waals surface area contributed by atoms with Crippen molar-refractivity contribution in [1.29, 1.82) is 0 Å². The van der Waals surface area contributed by atoms with E-state index in [0.717, 1.165) is 54.7 Å². The van der Waals surface area contributed by atoms with Crippen LogP contribution in [0.25, 0.3) is 16.3 Å². The minimum absolute atomic E-state index is 0.0838. The highest BCUT2D eigenvalue weighted by Gasteiger charge is 2.27. The van der Waals surface area contributed by atoms with E-state index in [1.807, 2.05) is 48.5 Å². The zero-order valence-corrected chi connectivity index (χ0v) is 18.3. The Kier molecular flexibility index (Phi) is 5.53. The number of hydrogen-bond donors (Lipinski definition) is 0. The highest BCUT2D eigenvalue weighted by molar-refractivity contribution is 7.13. The number of nitrogens with zero attached hydrogens (tertiary/aromatic N) is 5. The summed E-state index contributed by atoms with van der Waals surface area (Å²) in [5, 5.41) is 7.84. The average Bonchev–Trinajstić information content (AvgIpc) is 3.40. The van der Waals surface area contributed by atoms with E-state index in [2.05, 4.69) is 27.5 Å². The Morgan fingerprint density at radius 3 is 2.39 bits per heavy atom. The Hall–Kier alpha value is -3.03. The fourth-order valence-electron chi connectivity index (χ4n) is 4.24. The molecule has 0 atom stereocenters. The molecule has 31 heavy (non-hydrogen) atoms. The van der Waals surface area contributed by atoms with Crippen molar-refractivity contribution in [2.45, 2.75) is 25.3 Å². The van der Waals surface area contributed by atoms with E-state index in [1.54, 1.807) is 23.0 Å². The van der Waals surface area contributed by atoms with Crippen LogP contribution in [0, 0.1) is 0 Å². The summed E-state index contributed by atoms with van der Waals surface area (Å²) in [6, 6.07) is 20.1. The lowest BCUT2D eigenvalue weighted by Crippen LogP contribution is -2.33. The number of para-hydroxylation sites is 1. The summed E-state index contributed by atoms with van der Waals surface area (Å²) in [4.78, 5) is 20.0. The number of benzene rings is 2. The van der Waals surface area contributed by atoms with E-state index < -0.39 is 0 Å². The van der Waals surface area contributed by atoms with E-state index in [9.17, 15) is 4.79 Å². The van der Waals surface area contributed by atoms with E-state index >= 15 is 0 Å². The maximum absolute atomic E-state index is 12.7. The molecular weight excluding hydrogens is 406 g/mol. The molecule has 6 nitrogen and oxygen atoms in total. The predicted octanol–water partition coefficient (Wildman–Crippen LogP) is 4.07. The molecule has 7 heteroatoms. The summed E-state index contributed by atoms with van der Waals surface area (Å²) in [6.45, 7) is 2.81. The van der Waals surface area contributed by atoms with E-state index in [1.165, 1.54) is 10.2 Å². The molecule has 1 aliphatic rings. The van der Waals surface area contributed by atoms with Crippen LogP contribution in [-0.4, -0.2) is 37.3 Å². The van der Waals surface area contributed by atoms with Crippen LogP contribution in [0.2, 0.25) is 0 Å². The molecule has 0 saturated carbocycles. The van der Waals surface area contributed by atoms with Crippen LogP contribution < -0.4 is 5.69 Å². The van der Waals surface area contributed by atoms with Gasteiger partial charge >= 0.3 is 5.69 Å². The zero-order valence-electron chi connectivity index (χ0n) is 17.5. The van der Waals surface area contributed by atoms with Crippen LogP contribution in [-0.2, 0) is 13.6 Å². The second kappa shape index (κ2) is 8.61. The molecule has 0 bridgehead atoms. The van der Waals surface area contributed by atoms with Crippen molar-refractivity contribution in [1.82, 2.24) is 24.2 Å². The van der Waals surface area contributed by atoms with Gasteiger partial charge in [-0.05, 0) is 38.1 Å². The molecule has 3 heterocycles. The highest BCUT2D eigenvalue weighted by Crippen LogP contribution is 2.29. The molecule has 5 rings (SSSR count). The van der Waals surface area contributed by atoms with Gasteiger partial charge in [0.25, 0.3) is 0 Å². The van der Waals surface area contributed by atoms with Crippen molar-refractivity contribution in [3.63, 3.8) is 0 Å². The lowest BCUT2D eigenvalue weighted by molar-refractivity contribution is 0.199. The van der Waals surface area contributed by atoms with Gasteiger partial charge in [0.2, 0.25) is 0 Å².